The lowest BCUT2D eigenvalue weighted by Crippen LogP contribution is -2.74. The van der Waals surface area contributed by atoms with Crippen LogP contribution in [0.5, 0.6) is 0 Å². The predicted octanol–water partition coefficient (Wildman–Crippen LogP) is 13.7. The molecule has 390 valence electrons. The maximum absolute atomic E-state index is 2.90. The zero-order valence-corrected chi connectivity index (χ0v) is 47.6. The minimum Gasteiger partial charge on any atom is -0.309 e. The van der Waals surface area contributed by atoms with Gasteiger partial charge in [-0.3, -0.25) is 0 Å². The standard InChI is InChI=1S/C78H55N3Si2/c1-7-29-57(30-8-1)82(58-31-9-2-10-32-58,59-33-11-3-12-34-59)63-41-25-28-56(54-63)79-72-48-24-21-44-69(72)77-73(79)49-27-50-74(77)81-71-47-23-20-43-66(71)68-45-26-51-75(78(68)81)80-70-46-22-19-42-65(70)67-53-52-64(55-76(67)80)83(60-35-13-4-14-36-60,61-37-15-5-16-38-61)62-39-17-6-18-40-62/h1-55H. The second kappa shape index (κ2) is 19.7. The maximum Gasteiger partial charge on any atom is 0.179 e. The van der Waals surface area contributed by atoms with Crippen LogP contribution in [0, 0.1) is 0 Å². The summed E-state index contributed by atoms with van der Waals surface area (Å²) in [7, 11) is -5.75. The van der Waals surface area contributed by atoms with Gasteiger partial charge in [-0.2, -0.15) is 0 Å². The van der Waals surface area contributed by atoms with Gasteiger partial charge >= 0.3 is 0 Å². The smallest absolute Gasteiger partial charge is 0.179 e. The van der Waals surface area contributed by atoms with E-state index in [0.29, 0.717) is 0 Å². The van der Waals surface area contributed by atoms with Gasteiger partial charge in [-0.05, 0) is 96.1 Å². The van der Waals surface area contributed by atoms with E-state index in [1.807, 2.05) is 0 Å². The van der Waals surface area contributed by atoms with Gasteiger partial charge in [-0.15, -0.1) is 0 Å². The fourth-order valence-corrected chi connectivity index (χ4v) is 23.9. The molecule has 3 nitrogen and oxygen atoms in total. The number of benzene rings is 13. The molecule has 0 aliphatic heterocycles. The summed E-state index contributed by atoms with van der Waals surface area (Å²) < 4.78 is 7.67. The second-order valence-electron chi connectivity index (χ2n) is 21.9. The molecule has 16 rings (SSSR count). The highest BCUT2D eigenvalue weighted by molar-refractivity contribution is 7.20. The van der Waals surface area contributed by atoms with Crippen LogP contribution in [-0.2, 0) is 0 Å². The van der Waals surface area contributed by atoms with Gasteiger partial charge in [0.25, 0.3) is 0 Å². The Bertz CT molecular complexity index is 4880. The number of rotatable bonds is 11. The van der Waals surface area contributed by atoms with Crippen LogP contribution in [0.25, 0.3) is 82.5 Å². The van der Waals surface area contributed by atoms with Crippen LogP contribution in [0.1, 0.15) is 0 Å². The molecular formula is C78H55N3Si2. The minimum atomic E-state index is -2.90. The summed E-state index contributed by atoms with van der Waals surface area (Å²) >= 11 is 0. The molecule has 3 heterocycles. The molecule has 16 aromatic rings. The topological polar surface area (TPSA) is 14.8 Å². The Morgan fingerprint density at radius 1 is 0.193 bits per heavy atom. The Kier molecular flexibility index (Phi) is 11.6. The number of para-hydroxylation sites is 4. The van der Waals surface area contributed by atoms with Crippen molar-refractivity contribution in [3.63, 3.8) is 0 Å². The normalized spacial score (nSPS) is 12.1. The first-order valence-electron chi connectivity index (χ1n) is 28.8. The largest absolute Gasteiger partial charge is 0.309 e. The lowest BCUT2D eigenvalue weighted by Gasteiger charge is -2.34. The van der Waals surface area contributed by atoms with Gasteiger partial charge in [0.2, 0.25) is 0 Å². The van der Waals surface area contributed by atoms with E-state index in [9.17, 15) is 0 Å². The molecule has 3 aromatic heterocycles. The van der Waals surface area contributed by atoms with E-state index in [1.165, 1.54) is 84.8 Å². The number of fused-ring (bicyclic) bond motifs is 9. The Morgan fingerprint density at radius 3 is 1.06 bits per heavy atom. The second-order valence-corrected chi connectivity index (χ2v) is 29.5. The molecule has 83 heavy (non-hydrogen) atoms. The van der Waals surface area contributed by atoms with Gasteiger partial charge < -0.3 is 13.7 Å². The molecule has 5 heteroatoms. The summed E-state index contributed by atoms with van der Waals surface area (Å²) in [5.41, 5.74) is 10.4. The minimum absolute atomic E-state index is 1.13. The lowest BCUT2D eigenvalue weighted by molar-refractivity contribution is 1.14. The van der Waals surface area contributed by atoms with Crippen molar-refractivity contribution in [1.82, 2.24) is 13.7 Å². The van der Waals surface area contributed by atoms with Crippen molar-refractivity contribution in [2.45, 2.75) is 0 Å². The molecule has 0 amide bonds. The van der Waals surface area contributed by atoms with Crippen LogP contribution in [-0.4, -0.2) is 29.8 Å². The molecule has 0 unspecified atom stereocenters. The van der Waals surface area contributed by atoms with Crippen LogP contribution >= 0.6 is 0 Å². The average molecular weight is 1090 g/mol. The van der Waals surface area contributed by atoms with Crippen LogP contribution in [0.4, 0.5) is 0 Å². The van der Waals surface area contributed by atoms with Gasteiger partial charge in [0.05, 0.1) is 44.5 Å². The van der Waals surface area contributed by atoms with Crippen LogP contribution in [0.2, 0.25) is 0 Å². The molecule has 0 fully saturated rings. The van der Waals surface area contributed by atoms with E-state index in [2.05, 4.69) is 347 Å². The third-order valence-electron chi connectivity index (χ3n) is 17.7. The fourth-order valence-electron chi connectivity index (χ4n) is 14.4. The first kappa shape index (κ1) is 48.6. The van der Waals surface area contributed by atoms with E-state index >= 15 is 0 Å². The van der Waals surface area contributed by atoms with Gasteiger partial charge in [-0.1, -0.05) is 279 Å². The number of nitrogens with zero attached hydrogens (tertiary/aromatic N) is 3. The number of hydrogen-bond acceptors (Lipinski definition) is 0. The summed E-state index contributed by atoms with van der Waals surface area (Å²) in [6, 6.07) is 125. The summed E-state index contributed by atoms with van der Waals surface area (Å²) in [5.74, 6) is 0. The van der Waals surface area contributed by atoms with Crippen molar-refractivity contribution in [2.24, 2.45) is 0 Å². The summed E-state index contributed by atoms with van der Waals surface area (Å²) in [6.45, 7) is 0. The summed E-state index contributed by atoms with van der Waals surface area (Å²) in [5, 5.41) is 18.1. The van der Waals surface area contributed by atoms with E-state index in [4.69, 9.17) is 0 Å². The van der Waals surface area contributed by atoms with Crippen molar-refractivity contribution in [3.05, 3.63) is 334 Å². The predicted molar refractivity (Wildman–Crippen MR) is 357 cm³/mol. The van der Waals surface area contributed by atoms with E-state index in [-0.39, 0.29) is 0 Å². The van der Waals surface area contributed by atoms with Gasteiger partial charge in [-0.25, -0.2) is 0 Å². The van der Waals surface area contributed by atoms with Gasteiger partial charge in [0.1, 0.15) is 0 Å². The highest BCUT2D eigenvalue weighted by atomic mass is 28.3. The summed E-state index contributed by atoms with van der Waals surface area (Å²) in [6.07, 6.45) is 0. The summed E-state index contributed by atoms with van der Waals surface area (Å²) in [4.78, 5) is 0. The first-order chi connectivity index (χ1) is 41.2. The fraction of sp³-hybridized carbons (Fsp3) is 0. The average Bonchev–Trinajstić information content (AvgIpc) is 2.17. The zero-order chi connectivity index (χ0) is 54.9. The molecule has 0 atom stereocenters. The third kappa shape index (κ3) is 7.35. The monoisotopic (exact) mass is 1090 g/mol. The molecule has 0 saturated heterocycles. The van der Waals surface area contributed by atoms with E-state index in [0.717, 1.165) is 39.1 Å². The molecule has 0 aliphatic rings. The molecule has 0 radical (unpaired) electrons. The number of aromatic nitrogens is 3. The van der Waals surface area contributed by atoms with Crippen LogP contribution in [0.3, 0.4) is 0 Å². The number of hydrogen-bond donors (Lipinski definition) is 0. The first-order valence-corrected chi connectivity index (χ1v) is 32.8. The molecule has 0 bridgehead atoms. The molecule has 0 saturated carbocycles. The van der Waals surface area contributed by atoms with Crippen molar-refractivity contribution in [3.8, 4) is 17.1 Å². The lowest BCUT2D eigenvalue weighted by atomic mass is 10.1. The Morgan fingerprint density at radius 2 is 0.542 bits per heavy atom. The molecule has 0 aliphatic carbocycles. The van der Waals surface area contributed by atoms with Gasteiger partial charge in [0.15, 0.2) is 16.1 Å². The van der Waals surface area contributed by atoms with Crippen molar-refractivity contribution in [1.29, 1.82) is 0 Å². The van der Waals surface area contributed by atoms with Crippen LogP contribution in [0.15, 0.2) is 334 Å². The Labute approximate surface area is 484 Å². The van der Waals surface area contributed by atoms with E-state index in [1.54, 1.807) is 0 Å². The van der Waals surface area contributed by atoms with Crippen molar-refractivity contribution in [2.75, 3.05) is 0 Å². The third-order valence-corrected chi connectivity index (χ3v) is 27.3. The highest BCUT2D eigenvalue weighted by Crippen LogP contribution is 2.43. The molecular weight excluding hydrogens is 1040 g/mol. The molecule has 0 spiro atoms. The molecule has 0 N–H and O–H groups in total. The van der Waals surface area contributed by atoms with Crippen molar-refractivity contribution < 1.29 is 0 Å². The highest BCUT2D eigenvalue weighted by Gasteiger charge is 2.43. The quantitative estimate of drug-likeness (QED) is 0.0906. The SMILES string of the molecule is c1ccc([Si](c2ccccc2)(c2ccccc2)c2cccc(-n3c4ccccc4c4c(-n5c6ccccc6c6cccc(-n7c8ccccc8c8ccc([Si](c9ccccc9)(c9ccccc9)c9ccccc9)cc87)c65)cccc43)c2)cc1. The maximum atomic E-state index is 2.58. The molecule has 13 aromatic carbocycles. The van der Waals surface area contributed by atoms with E-state index < -0.39 is 16.1 Å². The van der Waals surface area contributed by atoms with Crippen LogP contribution < -0.4 is 41.5 Å². The zero-order valence-electron chi connectivity index (χ0n) is 45.6. The Hall–Kier alpha value is -10.3. The Balaban J connectivity index is 0.970. The van der Waals surface area contributed by atoms with Gasteiger partial charge in [0, 0.05) is 38.0 Å². The van der Waals surface area contributed by atoms with Crippen molar-refractivity contribution >= 4 is 123 Å².